The van der Waals surface area contributed by atoms with E-state index >= 15 is 0 Å². The van der Waals surface area contributed by atoms with Gasteiger partial charge in [-0.15, -0.1) is 0 Å². The highest BCUT2D eigenvalue weighted by Gasteiger charge is 2.16. The number of carbonyl (C=O) groups excluding carboxylic acids is 2. The molecule has 114 valence electrons. The molecular formula is C16H16ClN3O2. The van der Waals surface area contributed by atoms with Gasteiger partial charge in [0.25, 0.3) is 0 Å². The molecule has 2 amide bonds. The highest BCUT2D eigenvalue weighted by molar-refractivity contribution is 6.44. The smallest absolute Gasteiger partial charge is 0.314 e. The predicted molar refractivity (Wildman–Crippen MR) is 89.0 cm³/mol. The summed E-state index contributed by atoms with van der Waals surface area (Å²) in [6.07, 6.45) is 0. The second kappa shape index (κ2) is 6.49. The number of nitrogens with one attached hydrogen (secondary N) is 2. The first-order chi connectivity index (χ1) is 10.4. The SMILES string of the molecule is Cc1ccc(NC(=O)C(=O)Nc2cccc(Cl)c2C)c(N)c1. The van der Waals surface area contributed by atoms with Gasteiger partial charge >= 0.3 is 11.8 Å². The number of hydrogen-bond acceptors (Lipinski definition) is 3. The van der Waals surface area contributed by atoms with Gasteiger partial charge in [0.1, 0.15) is 0 Å². The summed E-state index contributed by atoms with van der Waals surface area (Å²) in [7, 11) is 0. The zero-order valence-corrected chi connectivity index (χ0v) is 13.0. The van der Waals surface area contributed by atoms with Crippen molar-refractivity contribution < 1.29 is 9.59 Å². The molecule has 0 saturated heterocycles. The molecule has 0 aliphatic heterocycles. The molecule has 0 spiro atoms. The zero-order chi connectivity index (χ0) is 16.3. The van der Waals surface area contributed by atoms with Crippen molar-refractivity contribution in [3.05, 3.63) is 52.5 Å². The quantitative estimate of drug-likeness (QED) is 0.587. The minimum absolute atomic E-state index is 0.397. The highest BCUT2D eigenvalue weighted by atomic mass is 35.5. The van der Waals surface area contributed by atoms with Gasteiger partial charge in [-0.2, -0.15) is 0 Å². The number of hydrogen-bond donors (Lipinski definition) is 3. The maximum absolute atomic E-state index is 12.0. The molecule has 0 aliphatic carbocycles. The van der Waals surface area contributed by atoms with E-state index in [1.165, 1.54) is 0 Å². The summed E-state index contributed by atoms with van der Waals surface area (Å²) in [6, 6.07) is 10.2. The van der Waals surface area contributed by atoms with Crippen LogP contribution >= 0.6 is 11.6 Å². The Bertz CT molecular complexity index is 744. The van der Waals surface area contributed by atoms with Crippen LogP contribution in [0.1, 0.15) is 11.1 Å². The summed E-state index contributed by atoms with van der Waals surface area (Å²) < 4.78 is 0. The molecule has 5 nitrogen and oxygen atoms in total. The maximum atomic E-state index is 12.0. The summed E-state index contributed by atoms with van der Waals surface area (Å²) in [5.41, 5.74) is 8.75. The van der Waals surface area contributed by atoms with Gasteiger partial charge in [-0.25, -0.2) is 0 Å². The van der Waals surface area contributed by atoms with Crippen LogP contribution in [0, 0.1) is 13.8 Å². The third kappa shape index (κ3) is 3.56. The molecule has 0 bridgehead atoms. The van der Waals surface area contributed by atoms with Gasteiger partial charge < -0.3 is 16.4 Å². The lowest BCUT2D eigenvalue weighted by molar-refractivity contribution is -0.132. The van der Waals surface area contributed by atoms with Crippen molar-refractivity contribution in [1.82, 2.24) is 0 Å². The van der Waals surface area contributed by atoms with E-state index in [0.29, 0.717) is 27.6 Å². The lowest BCUT2D eigenvalue weighted by Gasteiger charge is -2.11. The van der Waals surface area contributed by atoms with E-state index in [9.17, 15) is 9.59 Å². The van der Waals surface area contributed by atoms with Crippen molar-refractivity contribution >= 4 is 40.5 Å². The molecule has 0 fully saturated rings. The molecule has 0 heterocycles. The van der Waals surface area contributed by atoms with E-state index in [0.717, 1.165) is 5.56 Å². The van der Waals surface area contributed by atoms with Gasteiger partial charge in [-0.05, 0) is 49.2 Å². The van der Waals surface area contributed by atoms with Crippen molar-refractivity contribution in [2.75, 3.05) is 16.4 Å². The highest BCUT2D eigenvalue weighted by Crippen LogP contribution is 2.23. The number of amides is 2. The van der Waals surface area contributed by atoms with Crippen molar-refractivity contribution in [2.45, 2.75) is 13.8 Å². The number of rotatable bonds is 2. The molecular weight excluding hydrogens is 302 g/mol. The van der Waals surface area contributed by atoms with Gasteiger partial charge in [-0.1, -0.05) is 23.7 Å². The van der Waals surface area contributed by atoms with Crippen molar-refractivity contribution in [3.63, 3.8) is 0 Å². The second-order valence-corrected chi connectivity index (χ2v) is 5.32. The van der Waals surface area contributed by atoms with Crippen LogP contribution < -0.4 is 16.4 Å². The van der Waals surface area contributed by atoms with E-state index in [4.69, 9.17) is 17.3 Å². The molecule has 0 atom stereocenters. The van der Waals surface area contributed by atoms with E-state index in [2.05, 4.69) is 10.6 Å². The summed E-state index contributed by atoms with van der Waals surface area (Å²) in [6.45, 7) is 3.64. The Balaban J connectivity index is 2.09. The minimum atomic E-state index is -0.796. The Morgan fingerprint density at radius 1 is 1.00 bits per heavy atom. The molecule has 2 aromatic carbocycles. The standard InChI is InChI=1S/C16H16ClN3O2/c1-9-6-7-14(12(18)8-9)20-16(22)15(21)19-13-5-3-4-11(17)10(13)2/h3-8H,18H2,1-2H3,(H,19,21)(H,20,22). The molecule has 22 heavy (non-hydrogen) atoms. The Morgan fingerprint density at radius 2 is 1.64 bits per heavy atom. The molecule has 2 rings (SSSR count). The summed E-state index contributed by atoms with van der Waals surface area (Å²) >= 11 is 5.97. The summed E-state index contributed by atoms with van der Waals surface area (Å²) in [5, 5.41) is 5.52. The van der Waals surface area contributed by atoms with Crippen LogP contribution in [0.5, 0.6) is 0 Å². The van der Waals surface area contributed by atoms with Gasteiger partial charge in [0.05, 0.1) is 11.4 Å². The molecule has 0 radical (unpaired) electrons. The molecule has 6 heteroatoms. The number of nitrogen functional groups attached to an aromatic ring is 1. The number of benzene rings is 2. The lowest BCUT2D eigenvalue weighted by Crippen LogP contribution is -2.29. The third-order valence-corrected chi connectivity index (χ3v) is 3.59. The molecule has 0 aromatic heterocycles. The minimum Gasteiger partial charge on any atom is -0.397 e. The third-order valence-electron chi connectivity index (χ3n) is 3.18. The molecule has 4 N–H and O–H groups in total. The first kappa shape index (κ1) is 15.9. The van der Waals surface area contributed by atoms with E-state index in [1.54, 1.807) is 43.3 Å². The Hall–Kier alpha value is -2.53. The first-order valence-electron chi connectivity index (χ1n) is 6.62. The number of aryl methyl sites for hydroxylation is 1. The number of nitrogens with two attached hydrogens (primary N) is 1. The van der Waals surface area contributed by atoms with Gasteiger partial charge in [-0.3, -0.25) is 9.59 Å². The molecule has 2 aromatic rings. The Labute approximate surface area is 133 Å². The van der Waals surface area contributed by atoms with Crippen LogP contribution in [0.25, 0.3) is 0 Å². The van der Waals surface area contributed by atoms with Crippen LogP contribution in [0.3, 0.4) is 0 Å². The normalized spacial score (nSPS) is 10.1. The zero-order valence-electron chi connectivity index (χ0n) is 12.2. The van der Waals surface area contributed by atoms with Crippen LogP contribution in [-0.4, -0.2) is 11.8 Å². The fourth-order valence-electron chi connectivity index (χ4n) is 1.90. The molecule has 0 aliphatic rings. The second-order valence-electron chi connectivity index (χ2n) is 4.91. The monoisotopic (exact) mass is 317 g/mol. The van der Waals surface area contributed by atoms with Crippen molar-refractivity contribution in [2.24, 2.45) is 0 Å². The largest absolute Gasteiger partial charge is 0.397 e. The van der Waals surface area contributed by atoms with Crippen molar-refractivity contribution in [1.29, 1.82) is 0 Å². The van der Waals surface area contributed by atoms with Crippen molar-refractivity contribution in [3.8, 4) is 0 Å². The topological polar surface area (TPSA) is 84.2 Å². The lowest BCUT2D eigenvalue weighted by atomic mass is 10.2. The first-order valence-corrected chi connectivity index (χ1v) is 7.00. The predicted octanol–water partition coefficient (Wildman–Crippen LogP) is 3.12. The van der Waals surface area contributed by atoms with Gasteiger partial charge in [0.2, 0.25) is 0 Å². The maximum Gasteiger partial charge on any atom is 0.314 e. The summed E-state index contributed by atoms with van der Waals surface area (Å²) in [5.74, 6) is -1.58. The number of carbonyl (C=O) groups is 2. The van der Waals surface area contributed by atoms with Crippen LogP contribution in [0.4, 0.5) is 17.1 Å². The average Bonchev–Trinajstić information content (AvgIpc) is 2.46. The fourth-order valence-corrected chi connectivity index (χ4v) is 2.07. The average molecular weight is 318 g/mol. The fraction of sp³-hybridized carbons (Fsp3) is 0.125. The number of anilines is 3. The van der Waals surface area contributed by atoms with E-state index in [-0.39, 0.29) is 0 Å². The number of halogens is 1. The van der Waals surface area contributed by atoms with Crippen LogP contribution in [0.15, 0.2) is 36.4 Å². The van der Waals surface area contributed by atoms with Crippen LogP contribution in [0.2, 0.25) is 5.02 Å². The van der Waals surface area contributed by atoms with Gasteiger partial charge in [0.15, 0.2) is 0 Å². The Morgan fingerprint density at radius 3 is 2.27 bits per heavy atom. The summed E-state index contributed by atoms with van der Waals surface area (Å²) in [4.78, 5) is 23.9. The Kier molecular flexibility index (Phi) is 4.68. The molecule has 0 saturated carbocycles. The van der Waals surface area contributed by atoms with E-state index < -0.39 is 11.8 Å². The van der Waals surface area contributed by atoms with Gasteiger partial charge in [0, 0.05) is 10.7 Å². The van der Waals surface area contributed by atoms with E-state index in [1.807, 2.05) is 6.92 Å². The van der Waals surface area contributed by atoms with Crippen LogP contribution in [-0.2, 0) is 9.59 Å². The molecule has 0 unspecified atom stereocenters.